The molecule has 0 bridgehead atoms. The van der Waals surface area contributed by atoms with E-state index in [-0.39, 0.29) is 6.04 Å². The molecule has 1 aromatic carbocycles. The minimum Gasteiger partial charge on any atom is -0.618 e. The lowest BCUT2D eigenvalue weighted by molar-refractivity contribution is -0.583. The lowest BCUT2D eigenvalue weighted by atomic mass is 10.2. The molecule has 9 heteroatoms. The SMILES string of the molecule is Cc1c2c(-n3cc(C4CCCN4C)nn3)ncn2c2ccc(Cl)cc2[n+]1[O-]. The van der Waals surface area contributed by atoms with Crippen LogP contribution in [0.4, 0.5) is 0 Å². The third-order valence-corrected chi connectivity index (χ3v) is 5.64. The summed E-state index contributed by atoms with van der Waals surface area (Å²) in [6, 6.07) is 5.53. The van der Waals surface area contributed by atoms with Gasteiger partial charge in [-0.15, -0.1) is 5.10 Å². The summed E-state index contributed by atoms with van der Waals surface area (Å²) < 4.78 is 4.45. The fraction of sp³-hybridized carbons (Fsp3) is 0.333. The van der Waals surface area contributed by atoms with E-state index < -0.39 is 0 Å². The molecular formula is C18H18ClN7O. The van der Waals surface area contributed by atoms with E-state index >= 15 is 0 Å². The third-order valence-electron chi connectivity index (χ3n) is 5.40. The Bertz CT molecular complexity index is 1180. The monoisotopic (exact) mass is 383 g/mol. The van der Waals surface area contributed by atoms with Gasteiger partial charge in [-0.25, -0.2) is 4.98 Å². The number of rotatable bonds is 2. The molecule has 27 heavy (non-hydrogen) atoms. The topological polar surface area (TPSA) is 78.2 Å². The highest BCUT2D eigenvalue weighted by Crippen LogP contribution is 2.29. The minimum atomic E-state index is 0.279. The van der Waals surface area contributed by atoms with Gasteiger partial charge < -0.3 is 5.21 Å². The quantitative estimate of drug-likeness (QED) is 0.392. The molecule has 4 heterocycles. The standard InChI is InChI=1S/C18H18ClN7O/c1-11-17-18(25-9-13(21-22-25)14-4-3-7-23(14)2)20-10-24(17)15-6-5-12(19)8-16(15)26(11)27/h5-6,8-10,14H,3-4,7H2,1-2H3. The number of nitrogens with zero attached hydrogens (tertiary/aromatic N) is 7. The summed E-state index contributed by atoms with van der Waals surface area (Å²) in [5.41, 5.74) is 3.41. The van der Waals surface area contributed by atoms with Crippen LogP contribution >= 0.6 is 11.6 Å². The van der Waals surface area contributed by atoms with E-state index in [0.717, 1.165) is 35.3 Å². The van der Waals surface area contributed by atoms with Gasteiger partial charge in [0.15, 0.2) is 11.3 Å². The van der Waals surface area contributed by atoms with E-state index in [1.165, 1.54) is 0 Å². The molecule has 1 atom stereocenters. The second kappa shape index (κ2) is 5.90. The lowest BCUT2D eigenvalue weighted by Gasteiger charge is -2.15. The van der Waals surface area contributed by atoms with E-state index in [1.54, 1.807) is 30.1 Å². The van der Waals surface area contributed by atoms with Crippen molar-refractivity contribution in [2.24, 2.45) is 0 Å². The number of likely N-dealkylation sites (tertiary alicyclic amines) is 1. The molecule has 1 fully saturated rings. The maximum Gasteiger partial charge on any atom is 0.242 e. The number of aromatic nitrogens is 6. The van der Waals surface area contributed by atoms with Gasteiger partial charge in [0.2, 0.25) is 11.2 Å². The van der Waals surface area contributed by atoms with E-state index in [9.17, 15) is 5.21 Å². The zero-order valence-electron chi connectivity index (χ0n) is 15.0. The van der Waals surface area contributed by atoms with Crippen LogP contribution < -0.4 is 4.73 Å². The molecule has 0 amide bonds. The van der Waals surface area contributed by atoms with Crippen LogP contribution in [0.25, 0.3) is 22.4 Å². The van der Waals surface area contributed by atoms with Gasteiger partial charge in [-0.3, -0.25) is 9.30 Å². The number of halogens is 1. The number of imidazole rings is 1. The van der Waals surface area contributed by atoms with Crippen molar-refractivity contribution in [2.75, 3.05) is 13.6 Å². The summed E-state index contributed by atoms with van der Waals surface area (Å²) in [6.07, 6.45) is 5.85. The van der Waals surface area contributed by atoms with Gasteiger partial charge in [-0.1, -0.05) is 16.8 Å². The molecule has 138 valence electrons. The summed E-state index contributed by atoms with van der Waals surface area (Å²) in [5.74, 6) is 0.591. The first-order chi connectivity index (χ1) is 13.0. The molecular weight excluding hydrogens is 366 g/mol. The van der Waals surface area contributed by atoms with Crippen molar-refractivity contribution in [2.45, 2.75) is 25.8 Å². The Morgan fingerprint density at radius 1 is 1.33 bits per heavy atom. The molecule has 1 saturated heterocycles. The summed E-state index contributed by atoms with van der Waals surface area (Å²) >= 11 is 6.07. The minimum absolute atomic E-state index is 0.279. The molecule has 0 N–H and O–H groups in total. The van der Waals surface area contributed by atoms with Crippen molar-refractivity contribution in [3.63, 3.8) is 0 Å². The van der Waals surface area contributed by atoms with Gasteiger partial charge in [0.1, 0.15) is 17.5 Å². The molecule has 0 spiro atoms. The van der Waals surface area contributed by atoms with Gasteiger partial charge in [0.05, 0.1) is 12.2 Å². The summed E-state index contributed by atoms with van der Waals surface area (Å²) in [6.45, 7) is 2.84. The molecule has 4 aromatic rings. The number of benzene rings is 1. The molecule has 8 nitrogen and oxygen atoms in total. The zero-order chi connectivity index (χ0) is 18.7. The van der Waals surface area contributed by atoms with Gasteiger partial charge in [0.25, 0.3) is 0 Å². The first-order valence-corrected chi connectivity index (χ1v) is 9.23. The molecule has 1 aliphatic rings. The van der Waals surface area contributed by atoms with Crippen molar-refractivity contribution >= 4 is 28.2 Å². The van der Waals surface area contributed by atoms with Crippen LogP contribution in [0.3, 0.4) is 0 Å². The highest BCUT2D eigenvalue weighted by atomic mass is 35.5. The molecule has 1 unspecified atom stereocenters. The van der Waals surface area contributed by atoms with Gasteiger partial charge in [0, 0.05) is 18.0 Å². The van der Waals surface area contributed by atoms with Crippen LogP contribution in [0.15, 0.2) is 30.7 Å². The number of fused-ring (bicyclic) bond motifs is 3. The van der Waals surface area contributed by atoms with Crippen LogP contribution in [-0.4, -0.2) is 42.9 Å². The van der Waals surface area contributed by atoms with Crippen molar-refractivity contribution in [3.8, 4) is 5.82 Å². The highest BCUT2D eigenvalue weighted by Gasteiger charge is 2.27. The van der Waals surface area contributed by atoms with Crippen LogP contribution in [0.5, 0.6) is 0 Å². The number of hydrogen-bond acceptors (Lipinski definition) is 5. The zero-order valence-corrected chi connectivity index (χ0v) is 15.8. The summed E-state index contributed by atoms with van der Waals surface area (Å²) in [5, 5.41) is 22.0. The van der Waals surface area contributed by atoms with E-state index in [4.69, 9.17) is 11.6 Å². The lowest BCUT2D eigenvalue weighted by Crippen LogP contribution is -2.32. The van der Waals surface area contributed by atoms with Crippen molar-refractivity contribution < 1.29 is 4.73 Å². The van der Waals surface area contributed by atoms with Crippen LogP contribution in [-0.2, 0) is 0 Å². The van der Waals surface area contributed by atoms with Gasteiger partial charge in [-0.05, 0) is 38.6 Å². The normalized spacial score (nSPS) is 18.1. The first-order valence-electron chi connectivity index (χ1n) is 8.86. The Morgan fingerprint density at radius 2 is 2.19 bits per heavy atom. The number of hydrogen-bond donors (Lipinski definition) is 0. The maximum atomic E-state index is 12.8. The molecule has 1 aliphatic heterocycles. The first kappa shape index (κ1) is 16.5. The van der Waals surface area contributed by atoms with Gasteiger partial charge in [-0.2, -0.15) is 9.41 Å². The number of aryl methyl sites for hydroxylation is 1. The largest absolute Gasteiger partial charge is 0.618 e. The van der Waals surface area contributed by atoms with Crippen LogP contribution in [0.2, 0.25) is 5.02 Å². The van der Waals surface area contributed by atoms with Gasteiger partial charge >= 0.3 is 0 Å². The Kier molecular flexibility index (Phi) is 3.60. The Balaban J connectivity index is 1.70. The molecule has 0 saturated carbocycles. The molecule has 0 radical (unpaired) electrons. The van der Waals surface area contributed by atoms with Crippen LogP contribution in [0, 0.1) is 12.1 Å². The second-order valence-corrected chi connectivity index (χ2v) is 7.46. The maximum absolute atomic E-state index is 12.8. The van der Waals surface area contributed by atoms with E-state index in [2.05, 4.69) is 27.2 Å². The molecule has 3 aromatic heterocycles. The summed E-state index contributed by atoms with van der Waals surface area (Å²) in [7, 11) is 2.10. The van der Waals surface area contributed by atoms with E-state index in [0.29, 0.717) is 27.6 Å². The average Bonchev–Trinajstić information content (AvgIpc) is 3.37. The highest BCUT2D eigenvalue weighted by molar-refractivity contribution is 6.31. The van der Waals surface area contributed by atoms with E-state index in [1.807, 2.05) is 16.7 Å². The Labute approximate surface area is 160 Å². The molecule has 5 rings (SSSR count). The third kappa shape index (κ3) is 2.40. The molecule has 0 aliphatic carbocycles. The Morgan fingerprint density at radius 3 is 2.96 bits per heavy atom. The van der Waals surface area contributed by atoms with Crippen molar-refractivity contribution in [1.82, 2.24) is 29.3 Å². The fourth-order valence-electron chi connectivity index (χ4n) is 3.98. The predicted molar refractivity (Wildman–Crippen MR) is 101 cm³/mol. The second-order valence-electron chi connectivity index (χ2n) is 7.03. The average molecular weight is 384 g/mol. The fourth-order valence-corrected chi connectivity index (χ4v) is 4.15. The predicted octanol–water partition coefficient (Wildman–Crippen LogP) is 2.43. The smallest absolute Gasteiger partial charge is 0.242 e. The summed E-state index contributed by atoms with van der Waals surface area (Å²) in [4.78, 5) is 6.81. The van der Waals surface area contributed by atoms with Crippen molar-refractivity contribution in [3.05, 3.63) is 52.3 Å². The Hall–Kier alpha value is -2.71. The van der Waals surface area contributed by atoms with Crippen LogP contribution in [0.1, 0.15) is 30.3 Å². The van der Waals surface area contributed by atoms with Crippen molar-refractivity contribution in [1.29, 1.82) is 0 Å².